The number of hydrogen-bond donors (Lipinski definition) is 1. The predicted octanol–water partition coefficient (Wildman–Crippen LogP) is 3.34. The van der Waals surface area contributed by atoms with Crippen LogP contribution >= 0.6 is 0 Å². The molecule has 2 aromatic carbocycles. The second-order valence-corrected chi connectivity index (χ2v) is 7.22. The lowest BCUT2D eigenvalue weighted by atomic mass is 9.95. The van der Waals surface area contributed by atoms with E-state index in [1.165, 1.54) is 26.2 Å². The predicted molar refractivity (Wildman–Crippen MR) is 123 cm³/mol. The Morgan fingerprint density at radius 2 is 1.76 bits per heavy atom. The van der Waals surface area contributed by atoms with Crippen LogP contribution in [0.25, 0.3) is 5.76 Å². The molecule has 0 aliphatic carbocycles. The van der Waals surface area contributed by atoms with Crippen molar-refractivity contribution in [3.05, 3.63) is 71.8 Å². The van der Waals surface area contributed by atoms with Crippen molar-refractivity contribution >= 4 is 17.4 Å². The van der Waals surface area contributed by atoms with Crippen molar-refractivity contribution in [2.24, 2.45) is 0 Å². The van der Waals surface area contributed by atoms with Gasteiger partial charge in [-0.2, -0.15) is 0 Å². The maximum atomic E-state index is 13.0. The van der Waals surface area contributed by atoms with Gasteiger partial charge in [-0.05, 0) is 42.0 Å². The van der Waals surface area contributed by atoms with Gasteiger partial charge in [0.05, 0.1) is 32.4 Å². The van der Waals surface area contributed by atoms with Crippen LogP contribution in [0.2, 0.25) is 0 Å². The highest BCUT2D eigenvalue weighted by Crippen LogP contribution is 2.41. The van der Waals surface area contributed by atoms with Gasteiger partial charge in [-0.25, -0.2) is 0 Å². The maximum Gasteiger partial charge on any atom is 0.295 e. The Morgan fingerprint density at radius 1 is 1.06 bits per heavy atom. The molecule has 174 valence electrons. The molecule has 33 heavy (non-hydrogen) atoms. The van der Waals surface area contributed by atoms with E-state index in [0.29, 0.717) is 35.0 Å². The number of rotatable bonds is 10. The number of ketones is 1. The number of methoxy groups -OCH3 is 3. The van der Waals surface area contributed by atoms with Crippen molar-refractivity contribution in [1.29, 1.82) is 0 Å². The normalized spacial score (nSPS) is 17.2. The number of likely N-dealkylation sites (tertiary alicyclic amines) is 1. The molecule has 0 spiro atoms. The van der Waals surface area contributed by atoms with Crippen molar-refractivity contribution in [3.8, 4) is 17.2 Å². The first kappa shape index (κ1) is 23.9. The van der Waals surface area contributed by atoms with Gasteiger partial charge in [0, 0.05) is 19.2 Å². The molecule has 1 atom stereocenters. The summed E-state index contributed by atoms with van der Waals surface area (Å²) in [6.45, 7) is 4.35. The van der Waals surface area contributed by atoms with E-state index in [-0.39, 0.29) is 24.5 Å². The van der Waals surface area contributed by atoms with Crippen LogP contribution in [0, 0.1) is 0 Å². The van der Waals surface area contributed by atoms with Crippen LogP contribution < -0.4 is 14.2 Å². The third-order valence-corrected chi connectivity index (χ3v) is 5.30. The summed E-state index contributed by atoms with van der Waals surface area (Å²) in [6.07, 6.45) is 1.62. The first-order chi connectivity index (χ1) is 16.0. The summed E-state index contributed by atoms with van der Waals surface area (Å²) in [5.41, 5.74) is 0.967. The molecule has 1 N–H and O–H groups in total. The van der Waals surface area contributed by atoms with Crippen molar-refractivity contribution in [2.45, 2.75) is 6.04 Å². The van der Waals surface area contributed by atoms with Gasteiger partial charge < -0.3 is 29.0 Å². The number of carbonyl (C=O) groups excluding carboxylic acids is 2. The number of nitrogens with zero attached hydrogens (tertiary/aromatic N) is 1. The fraction of sp³-hybridized carbons (Fsp3) is 0.280. The van der Waals surface area contributed by atoms with Gasteiger partial charge in [0.25, 0.3) is 11.7 Å². The number of hydrogen-bond acceptors (Lipinski definition) is 7. The molecule has 1 saturated heterocycles. The Bertz CT molecular complexity index is 1060. The van der Waals surface area contributed by atoms with E-state index in [1.54, 1.807) is 48.5 Å². The van der Waals surface area contributed by atoms with E-state index >= 15 is 0 Å². The second-order valence-electron chi connectivity index (χ2n) is 7.22. The number of Topliss-reactive ketones (excluding diaryl/α,β-unsaturated/α-hetero) is 1. The summed E-state index contributed by atoms with van der Waals surface area (Å²) in [4.78, 5) is 27.3. The topological polar surface area (TPSA) is 94.5 Å². The largest absolute Gasteiger partial charge is 0.507 e. The zero-order chi connectivity index (χ0) is 24.0. The summed E-state index contributed by atoms with van der Waals surface area (Å²) in [7, 11) is 4.53. The molecule has 1 amide bonds. The number of aliphatic hydroxyl groups is 1. The van der Waals surface area contributed by atoms with Crippen molar-refractivity contribution in [3.63, 3.8) is 0 Å². The fourth-order valence-corrected chi connectivity index (χ4v) is 3.69. The van der Waals surface area contributed by atoms with Crippen LogP contribution in [0.15, 0.2) is 60.7 Å². The lowest BCUT2D eigenvalue weighted by Gasteiger charge is -2.25. The van der Waals surface area contributed by atoms with Crippen LogP contribution in [-0.2, 0) is 14.3 Å². The molecular formula is C25H27NO7. The monoisotopic (exact) mass is 453 g/mol. The molecule has 0 bridgehead atoms. The number of amides is 1. The highest BCUT2D eigenvalue weighted by molar-refractivity contribution is 6.46. The molecule has 0 unspecified atom stereocenters. The van der Waals surface area contributed by atoms with Crippen molar-refractivity contribution < 1.29 is 33.6 Å². The van der Waals surface area contributed by atoms with Crippen LogP contribution in [0.5, 0.6) is 17.2 Å². The van der Waals surface area contributed by atoms with Crippen molar-refractivity contribution in [2.75, 3.05) is 41.1 Å². The number of ether oxygens (including phenoxy) is 4. The van der Waals surface area contributed by atoms with Gasteiger partial charge in [0.1, 0.15) is 18.1 Å². The maximum absolute atomic E-state index is 13.0. The first-order valence-corrected chi connectivity index (χ1v) is 10.3. The summed E-state index contributed by atoms with van der Waals surface area (Å²) in [5, 5.41) is 11.1. The van der Waals surface area contributed by atoms with Gasteiger partial charge in [-0.15, -0.1) is 0 Å². The summed E-state index contributed by atoms with van der Waals surface area (Å²) >= 11 is 0. The minimum Gasteiger partial charge on any atom is -0.507 e. The molecule has 1 fully saturated rings. The van der Waals surface area contributed by atoms with Crippen LogP contribution in [-0.4, -0.2) is 62.8 Å². The Morgan fingerprint density at radius 3 is 2.36 bits per heavy atom. The molecular weight excluding hydrogens is 426 g/mol. The highest BCUT2D eigenvalue weighted by atomic mass is 16.5. The van der Waals surface area contributed by atoms with Gasteiger partial charge in [0.15, 0.2) is 11.5 Å². The van der Waals surface area contributed by atoms with Gasteiger partial charge in [0.2, 0.25) is 0 Å². The van der Waals surface area contributed by atoms with Gasteiger partial charge >= 0.3 is 0 Å². The molecule has 3 rings (SSSR count). The molecule has 2 aromatic rings. The molecule has 0 radical (unpaired) electrons. The van der Waals surface area contributed by atoms with Crippen LogP contribution in [0.3, 0.4) is 0 Å². The van der Waals surface area contributed by atoms with Gasteiger partial charge in [-0.1, -0.05) is 18.7 Å². The Labute approximate surface area is 192 Å². The highest BCUT2D eigenvalue weighted by Gasteiger charge is 2.46. The van der Waals surface area contributed by atoms with Crippen LogP contribution in [0.4, 0.5) is 0 Å². The zero-order valence-corrected chi connectivity index (χ0v) is 18.9. The Kier molecular flexibility index (Phi) is 7.74. The number of benzene rings is 2. The molecule has 1 heterocycles. The standard InChI is InChI=1S/C25H27NO7/c1-5-13-33-18-9-6-16(7-10-18)23(27)21-22(26(12-14-30-2)25(29)24(21)28)17-8-11-19(31-3)20(15-17)32-4/h5-11,15,22,27H,1,12-14H2,2-4H3/t22-/m0/s1. The van der Waals surface area contributed by atoms with E-state index in [2.05, 4.69) is 6.58 Å². The average molecular weight is 453 g/mol. The molecule has 1 aliphatic rings. The fourth-order valence-electron chi connectivity index (χ4n) is 3.69. The van der Waals surface area contributed by atoms with Crippen molar-refractivity contribution in [1.82, 2.24) is 4.90 Å². The minimum absolute atomic E-state index is 0.0110. The minimum atomic E-state index is -0.823. The smallest absolute Gasteiger partial charge is 0.295 e. The third-order valence-electron chi connectivity index (χ3n) is 5.30. The SMILES string of the molecule is C=CCOc1ccc(C(O)=C2C(=O)C(=O)N(CCOC)[C@H]2c2ccc(OC)c(OC)c2)cc1. The van der Waals surface area contributed by atoms with E-state index in [1.807, 2.05) is 0 Å². The lowest BCUT2D eigenvalue weighted by Crippen LogP contribution is -2.32. The molecule has 0 aromatic heterocycles. The summed E-state index contributed by atoms with van der Waals surface area (Å²) in [6, 6.07) is 10.9. The quantitative estimate of drug-likeness (QED) is 0.255. The Balaban J connectivity index is 2.11. The first-order valence-electron chi connectivity index (χ1n) is 10.3. The average Bonchev–Trinajstić information content (AvgIpc) is 3.10. The zero-order valence-electron chi connectivity index (χ0n) is 18.9. The number of aliphatic hydroxyl groups excluding tert-OH is 1. The van der Waals surface area contributed by atoms with E-state index in [4.69, 9.17) is 18.9 Å². The van der Waals surface area contributed by atoms with E-state index < -0.39 is 17.7 Å². The van der Waals surface area contributed by atoms with E-state index in [9.17, 15) is 14.7 Å². The third kappa shape index (κ3) is 4.85. The van der Waals surface area contributed by atoms with Crippen LogP contribution in [0.1, 0.15) is 17.2 Å². The Hall–Kier alpha value is -3.78. The lowest BCUT2D eigenvalue weighted by molar-refractivity contribution is -0.140. The molecule has 1 aliphatic heterocycles. The second kappa shape index (κ2) is 10.7. The molecule has 8 heteroatoms. The molecule has 0 saturated carbocycles. The number of carbonyl (C=O) groups is 2. The molecule has 8 nitrogen and oxygen atoms in total. The summed E-state index contributed by atoms with van der Waals surface area (Å²) in [5.74, 6) is -0.220. The van der Waals surface area contributed by atoms with E-state index in [0.717, 1.165) is 0 Å². The summed E-state index contributed by atoms with van der Waals surface area (Å²) < 4.78 is 21.3. The van der Waals surface area contributed by atoms with Gasteiger partial charge in [-0.3, -0.25) is 9.59 Å².